The van der Waals surface area contributed by atoms with Gasteiger partial charge in [0.2, 0.25) is 0 Å². The molecule has 1 heterocycles. The first-order chi connectivity index (χ1) is 8.00. The van der Waals surface area contributed by atoms with E-state index < -0.39 is 12.0 Å². The van der Waals surface area contributed by atoms with Crippen LogP contribution in [0.5, 0.6) is 0 Å². The quantitative estimate of drug-likeness (QED) is 0.761. The van der Waals surface area contributed by atoms with Crippen molar-refractivity contribution in [3.8, 4) is 0 Å². The zero-order chi connectivity index (χ0) is 12.8. The molecule has 1 aromatic rings. The number of aryl methyl sites for hydroxylation is 1. The molecule has 2 N–H and O–H groups in total. The van der Waals surface area contributed by atoms with Crippen molar-refractivity contribution in [1.29, 1.82) is 0 Å². The Morgan fingerprint density at radius 1 is 1.53 bits per heavy atom. The minimum absolute atomic E-state index is 0.623. The molecule has 0 fully saturated rings. The SMILES string of the molecule is Cc1ccc(C(NCCN(C)C)C(=O)O)cn1. The number of rotatable bonds is 6. The number of carboxylic acids is 1. The highest BCUT2D eigenvalue weighted by atomic mass is 16.4. The summed E-state index contributed by atoms with van der Waals surface area (Å²) in [7, 11) is 3.90. The number of aromatic nitrogens is 1. The van der Waals surface area contributed by atoms with Crippen molar-refractivity contribution in [3.63, 3.8) is 0 Å². The lowest BCUT2D eigenvalue weighted by Gasteiger charge is -2.16. The van der Waals surface area contributed by atoms with E-state index in [1.165, 1.54) is 0 Å². The number of pyridine rings is 1. The predicted octanol–water partition coefficient (Wildman–Crippen LogP) is 0.667. The van der Waals surface area contributed by atoms with Crippen molar-refractivity contribution < 1.29 is 9.90 Å². The Morgan fingerprint density at radius 3 is 2.71 bits per heavy atom. The molecule has 0 amide bonds. The van der Waals surface area contributed by atoms with Gasteiger partial charge in [0.05, 0.1) is 0 Å². The van der Waals surface area contributed by atoms with Crippen LogP contribution in [0.25, 0.3) is 0 Å². The molecular formula is C12H19N3O2. The molecule has 94 valence electrons. The van der Waals surface area contributed by atoms with E-state index in [1.807, 2.05) is 32.0 Å². The third-order valence-electron chi connectivity index (χ3n) is 2.42. The maximum Gasteiger partial charge on any atom is 0.325 e. The summed E-state index contributed by atoms with van der Waals surface area (Å²) in [6.07, 6.45) is 1.61. The maximum atomic E-state index is 11.2. The highest BCUT2D eigenvalue weighted by molar-refractivity contribution is 5.75. The number of hydrogen-bond acceptors (Lipinski definition) is 4. The van der Waals surface area contributed by atoms with Crippen molar-refractivity contribution in [2.24, 2.45) is 0 Å². The molecule has 5 heteroatoms. The summed E-state index contributed by atoms with van der Waals surface area (Å²) < 4.78 is 0. The summed E-state index contributed by atoms with van der Waals surface area (Å²) in [4.78, 5) is 17.3. The average Bonchev–Trinajstić information content (AvgIpc) is 2.25. The van der Waals surface area contributed by atoms with Crippen LogP contribution < -0.4 is 5.32 Å². The van der Waals surface area contributed by atoms with E-state index in [1.54, 1.807) is 12.3 Å². The molecule has 0 aliphatic rings. The lowest BCUT2D eigenvalue weighted by Crippen LogP contribution is -2.34. The molecule has 5 nitrogen and oxygen atoms in total. The average molecular weight is 237 g/mol. The molecule has 0 bridgehead atoms. The van der Waals surface area contributed by atoms with Gasteiger partial charge < -0.3 is 10.0 Å². The van der Waals surface area contributed by atoms with Gasteiger partial charge in [-0.15, -0.1) is 0 Å². The molecule has 0 aliphatic carbocycles. The normalized spacial score (nSPS) is 12.7. The number of aliphatic carboxylic acids is 1. The Morgan fingerprint density at radius 2 is 2.24 bits per heavy atom. The minimum atomic E-state index is -0.880. The van der Waals surface area contributed by atoms with Gasteiger partial charge in [0.15, 0.2) is 0 Å². The number of carboxylic acid groups (broad SMARTS) is 1. The fraction of sp³-hybridized carbons (Fsp3) is 0.500. The van der Waals surface area contributed by atoms with Crippen LogP contribution in [0.3, 0.4) is 0 Å². The van der Waals surface area contributed by atoms with Gasteiger partial charge in [0.1, 0.15) is 6.04 Å². The number of carbonyl (C=O) groups is 1. The Balaban J connectivity index is 2.66. The lowest BCUT2D eigenvalue weighted by atomic mass is 10.1. The molecule has 0 spiro atoms. The first-order valence-corrected chi connectivity index (χ1v) is 5.54. The van der Waals surface area contributed by atoms with Crippen LogP contribution in [0.4, 0.5) is 0 Å². The molecule has 0 radical (unpaired) electrons. The topological polar surface area (TPSA) is 65.5 Å². The summed E-state index contributed by atoms with van der Waals surface area (Å²) >= 11 is 0. The smallest absolute Gasteiger partial charge is 0.325 e. The first-order valence-electron chi connectivity index (χ1n) is 5.54. The second-order valence-corrected chi connectivity index (χ2v) is 4.26. The first kappa shape index (κ1) is 13.6. The molecule has 1 aromatic heterocycles. The Bertz CT molecular complexity index is 363. The van der Waals surface area contributed by atoms with Crippen LogP contribution in [0.1, 0.15) is 17.3 Å². The summed E-state index contributed by atoms with van der Waals surface area (Å²) in [5, 5.41) is 12.2. The van der Waals surface area contributed by atoms with Crippen LogP contribution in [0.2, 0.25) is 0 Å². The van der Waals surface area contributed by atoms with Crippen molar-refractivity contribution in [2.45, 2.75) is 13.0 Å². The number of likely N-dealkylation sites (N-methyl/N-ethyl adjacent to an activating group) is 1. The molecule has 1 atom stereocenters. The van der Waals surface area contributed by atoms with E-state index in [4.69, 9.17) is 5.11 Å². The van der Waals surface area contributed by atoms with Crippen LogP contribution >= 0.6 is 0 Å². The monoisotopic (exact) mass is 237 g/mol. The molecule has 0 aromatic carbocycles. The van der Waals surface area contributed by atoms with Crippen molar-refractivity contribution in [2.75, 3.05) is 27.2 Å². The van der Waals surface area contributed by atoms with E-state index in [0.717, 1.165) is 12.2 Å². The molecule has 1 rings (SSSR count). The van der Waals surface area contributed by atoms with Gasteiger partial charge in [-0.05, 0) is 32.6 Å². The molecular weight excluding hydrogens is 218 g/mol. The number of nitrogens with one attached hydrogen (secondary N) is 1. The van der Waals surface area contributed by atoms with Crippen molar-refractivity contribution in [1.82, 2.24) is 15.2 Å². The number of nitrogens with zero attached hydrogens (tertiary/aromatic N) is 2. The van der Waals surface area contributed by atoms with E-state index in [-0.39, 0.29) is 0 Å². The van der Waals surface area contributed by atoms with Crippen molar-refractivity contribution in [3.05, 3.63) is 29.6 Å². The molecule has 0 saturated carbocycles. The van der Waals surface area contributed by atoms with Crippen molar-refractivity contribution >= 4 is 5.97 Å². The number of hydrogen-bond donors (Lipinski definition) is 2. The Labute approximate surface area is 101 Å². The third-order valence-corrected chi connectivity index (χ3v) is 2.42. The van der Waals surface area contributed by atoms with Gasteiger partial charge in [-0.1, -0.05) is 6.07 Å². The second-order valence-electron chi connectivity index (χ2n) is 4.26. The van der Waals surface area contributed by atoms with E-state index in [9.17, 15) is 4.79 Å². The fourth-order valence-corrected chi connectivity index (χ4v) is 1.43. The van der Waals surface area contributed by atoms with Crippen LogP contribution in [-0.4, -0.2) is 48.1 Å². The summed E-state index contributed by atoms with van der Waals surface area (Å²) in [6, 6.07) is 2.92. The standard InChI is InChI=1S/C12H19N3O2/c1-9-4-5-10(8-14-9)11(12(16)17)13-6-7-15(2)3/h4-5,8,11,13H,6-7H2,1-3H3,(H,16,17). The Hall–Kier alpha value is -1.46. The van der Waals surface area contributed by atoms with Gasteiger partial charge in [-0.2, -0.15) is 0 Å². The second kappa shape index (κ2) is 6.32. The largest absolute Gasteiger partial charge is 0.480 e. The summed E-state index contributed by atoms with van der Waals surface area (Å²) in [5.41, 5.74) is 1.56. The van der Waals surface area contributed by atoms with Gasteiger partial charge in [0, 0.05) is 25.0 Å². The zero-order valence-electron chi connectivity index (χ0n) is 10.5. The van der Waals surface area contributed by atoms with E-state index >= 15 is 0 Å². The molecule has 1 unspecified atom stereocenters. The maximum absolute atomic E-state index is 11.2. The lowest BCUT2D eigenvalue weighted by molar-refractivity contribution is -0.139. The molecule has 17 heavy (non-hydrogen) atoms. The minimum Gasteiger partial charge on any atom is -0.480 e. The summed E-state index contributed by atoms with van der Waals surface area (Å²) in [5.74, 6) is -0.880. The van der Waals surface area contributed by atoms with Crippen LogP contribution in [0, 0.1) is 6.92 Å². The van der Waals surface area contributed by atoms with Gasteiger partial charge in [0.25, 0.3) is 0 Å². The Kier molecular flexibility index (Phi) is 5.06. The van der Waals surface area contributed by atoms with E-state index in [0.29, 0.717) is 12.1 Å². The highest BCUT2D eigenvalue weighted by Crippen LogP contribution is 2.12. The highest BCUT2D eigenvalue weighted by Gasteiger charge is 2.18. The van der Waals surface area contributed by atoms with E-state index in [2.05, 4.69) is 10.3 Å². The molecule has 0 saturated heterocycles. The fourth-order valence-electron chi connectivity index (χ4n) is 1.43. The summed E-state index contributed by atoms with van der Waals surface area (Å²) in [6.45, 7) is 3.29. The van der Waals surface area contributed by atoms with Gasteiger partial charge in [-0.3, -0.25) is 15.1 Å². The van der Waals surface area contributed by atoms with Gasteiger partial charge in [-0.25, -0.2) is 0 Å². The van der Waals surface area contributed by atoms with Crippen LogP contribution in [0.15, 0.2) is 18.3 Å². The van der Waals surface area contributed by atoms with Crippen LogP contribution in [-0.2, 0) is 4.79 Å². The molecule has 0 aliphatic heterocycles. The predicted molar refractivity (Wildman–Crippen MR) is 65.9 cm³/mol. The third kappa shape index (κ3) is 4.50. The zero-order valence-corrected chi connectivity index (χ0v) is 10.5. The van der Waals surface area contributed by atoms with Gasteiger partial charge >= 0.3 is 5.97 Å².